The van der Waals surface area contributed by atoms with Gasteiger partial charge in [-0.05, 0) is 6.92 Å². The number of halogens is 1. The summed E-state index contributed by atoms with van der Waals surface area (Å²) >= 11 is 0. The lowest BCUT2D eigenvalue weighted by Crippen LogP contribution is -2.32. The normalized spacial score (nSPS) is 11.7. The Kier molecular flexibility index (Phi) is 4.00. The van der Waals surface area contributed by atoms with Crippen LogP contribution in [0.5, 0.6) is 0 Å². The van der Waals surface area contributed by atoms with E-state index in [0.717, 1.165) is 0 Å². The molecule has 1 unspecified atom stereocenters. The van der Waals surface area contributed by atoms with Gasteiger partial charge < -0.3 is 16.2 Å². The summed E-state index contributed by atoms with van der Waals surface area (Å²) in [4.78, 5) is 31.4. The fraction of sp³-hybridized carbons (Fsp3) is 0.200. The highest BCUT2D eigenvalue weighted by Gasteiger charge is 2.23. The van der Waals surface area contributed by atoms with E-state index in [2.05, 4.69) is 5.32 Å². The zero-order valence-electron chi connectivity index (χ0n) is 9.71. The van der Waals surface area contributed by atoms with Gasteiger partial charge in [0.25, 0.3) is 5.69 Å². The van der Waals surface area contributed by atoms with Crippen LogP contribution in [0.2, 0.25) is 0 Å². The molecule has 0 aliphatic carbocycles. The molecule has 102 valence electrons. The van der Waals surface area contributed by atoms with Crippen LogP contribution in [0.1, 0.15) is 17.3 Å². The van der Waals surface area contributed by atoms with Crippen molar-refractivity contribution in [1.29, 1.82) is 0 Å². The molecule has 0 radical (unpaired) electrons. The van der Waals surface area contributed by atoms with Crippen LogP contribution in [0.25, 0.3) is 0 Å². The molecule has 0 spiro atoms. The summed E-state index contributed by atoms with van der Waals surface area (Å²) in [7, 11) is 0. The third kappa shape index (κ3) is 3.15. The molecule has 9 heteroatoms. The average Bonchev–Trinajstić information content (AvgIpc) is 2.27. The monoisotopic (exact) mass is 271 g/mol. The van der Waals surface area contributed by atoms with Crippen molar-refractivity contribution in [3.8, 4) is 0 Å². The second-order valence-corrected chi connectivity index (χ2v) is 3.68. The molecule has 1 atom stereocenters. The van der Waals surface area contributed by atoms with Crippen LogP contribution >= 0.6 is 0 Å². The number of nitrogens with one attached hydrogen (secondary N) is 1. The highest BCUT2D eigenvalue weighted by Crippen LogP contribution is 2.28. The molecule has 0 aliphatic heterocycles. The van der Waals surface area contributed by atoms with E-state index in [9.17, 15) is 24.1 Å². The van der Waals surface area contributed by atoms with E-state index >= 15 is 0 Å². The summed E-state index contributed by atoms with van der Waals surface area (Å²) in [6, 6.07) is 0.239. The highest BCUT2D eigenvalue weighted by atomic mass is 19.1. The van der Waals surface area contributed by atoms with Crippen molar-refractivity contribution in [1.82, 2.24) is 0 Å². The topological polar surface area (TPSA) is 136 Å². The molecule has 1 amide bonds. The van der Waals surface area contributed by atoms with Crippen LogP contribution in [-0.4, -0.2) is 27.9 Å². The molecule has 0 saturated heterocycles. The molecule has 0 aliphatic rings. The van der Waals surface area contributed by atoms with Crippen molar-refractivity contribution < 1.29 is 24.0 Å². The van der Waals surface area contributed by atoms with E-state index in [1.165, 1.54) is 6.92 Å². The summed E-state index contributed by atoms with van der Waals surface area (Å²) < 4.78 is 13.4. The minimum absolute atomic E-state index is 0.321. The summed E-state index contributed by atoms with van der Waals surface area (Å²) in [5.41, 5.74) is 3.16. The zero-order chi connectivity index (χ0) is 14.7. The van der Waals surface area contributed by atoms with Crippen molar-refractivity contribution in [2.24, 2.45) is 5.73 Å². The van der Waals surface area contributed by atoms with Crippen LogP contribution in [0.4, 0.5) is 15.8 Å². The van der Waals surface area contributed by atoms with Crippen molar-refractivity contribution in [2.45, 2.75) is 13.0 Å². The van der Waals surface area contributed by atoms with Gasteiger partial charge in [-0.15, -0.1) is 0 Å². The first-order valence-corrected chi connectivity index (χ1v) is 5.01. The lowest BCUT2D eigenvalue weighted by atomic mass is 10.1. The summed E-state index contributed by atoms with van der Waals surface area (Å²) in [5.74, 6) is -3.58. The smallest absolute Gasteiger partial charge is 0.338 e. The number of amides is 1. The molecule has 1 rings (SSSR count). The van der Waals surface area contributed by atoms with E-state index in [1.54, 1.807) is 0 Å². The molecule has 0 heterocycles. The van der Waals surface area contributed by atoms with Crippen molar-refractivity contribution in [2.75, 3.05) is 5.32 Å². The van der Waals surface area contributed by atoms with Crippen LogP contribution in [-0.2, 0) is 4.79 Å². The van der Waals surface area contributed by atoms with Crippen molar-refractivity contribution in [3.05, 3.63) is 33.6 Å². The minimum atomic E-state index is -1.63. The number of nitrogens with zero attached hydrogens (tertiary/aromatic N) is 1. The molecule has 1 aromatic rings. The third-order valence-corrected chi connectivity index (χ3v) is 2.31. The Morgan fingerprint density at radius 1 is 1.53 bits per heavy atom. The Labute approximate surface area is 106 Å². The van der Waals surface area contributed by atoms with E-state index in [0.29, 0.717) is 12.1 Å². The Balaban J connectivity index is 3.31. The summed E-state index contributed by atoms with van der Waals surface area (Å²) in [5, 5.41) is 21.8. The number of nitro benzene ring substituents is 1. The number of carbonyl (C=O) groups is 2. The standard InChI is InChI=1S/C10H10FN3O5/c1-4(9(12)15)13-7-3-6(11)5(10(16)17)2-8(7)14(18)19/h2-4,13H,1H3,(H2,12,15)(H,16,17). The van der Waals surface area contributed by atoms with Gasteiger partial charge in [-0.2, -0.15) is 0 Å². The number of anilines is 1. The number of nitrogens with two attached hydrogens (primary N) is 1. The predicted octanol–water partition coefficient (Wildman–Crippen LogP) is 0.718. The molecule has 19 heavy (non-hydrogen) atoms. The number of benzene rings is 1. The zero-order valence-corrected chi connectivity index (χ0v) is 9.71. The Hall–Kier alpha value is -2.71. The van der Waals surface area contributed by atoms with E-state index in [1.807, 2.05) is 0 Å². The van der Waals surface area contributed by atoms with Gasteiger partial charge in [0, 0.05) is 12.1 Å². The van der Waals surface area contributed by atoms with E-state index in [-0.39, 0.29) is 5.69 Å². The van der Waals surface area contributed by atoms with E-state index in [4.69, 9.17) is 10.8 Å². The van der Waals surface area contributed by atoms with Crippen LogP contribution < -0.4 is 11.1 Å². The number of carbonyl (C=O) groups excluding carboxylic acids is 1. The van der Waals surface area contributed by atoms with Crippen molar-refractivity contribution >= 4 is 23.3 Å². The van der Waals surface area contributed by atoms with Gasteiger partial charge in [0.15, 0.2) is 0 Å². The van der Waals surface area contributed by atoms with Gasteiger partial charge in [0.1, 0.15) is 23.1 Å². The lowest BCUT2D eigenvalue weighted by molar-refractivity contribution is -0.384. The van der Waals surface area contributed by atoms with Crippen LogP contribution in [0, 0.1) is 15.9 Å². The molecule has 0 saturated carbocycles. The molecule has 0 bridgehead atoms. The van der Waals surface area contributed by atoms with Gasteiger partial charge in [-0.3, -0.25) is 14.9 Å². The molecular formula is C10H10FN3O5. The predicted molar refractivity (Wildman–Crippen MR) is 62.3 cm³/mol. The first-order valence-electron chi connectivity index (χ1n) is 5.01. The van der Waals surface area contributed by atoms with Crippen LogP contribution in [0.3, 0.4) is 0 Å². The van der Waals surface area contributed by atoms with Crippen LogP contribution in [0.15, 0.2) is 12.1 Å². The Bertz CT molecular complexity index is 560. The largest absolute Gasteiger partial charge is 0.478 e. The average molecular weight is 271 g/mol. The summed E-state index contributed by atoms with van der Waals surface area (Å²) in [6.45, 7) is 1.33. The number of carboxylic acid groups (broad SMARTS) is 1. The third-order valence-electron chi connectivity index (χ3n) is 2.31. The number of rotatable bonds is 5. The molecular weight excluding hydrogens is 261 g/mol. The lowest BCUT2D eigenvalue weighted by Gasteiger charge is -2.12. The summed E-state index contributed by atoms with van der Waals surface area (Å²) in [6.07, 6.45) is 0. The molecule has 1 aromatic carbocycles. The van der Waals surface area contributed by atoms with Crippen molar-refractivity contribution in [3.63, 3.8) is 0 Å². The molecule has 0 fully saturated rings. The van der Waals surface area contributed by atoms with Gasteiger partial charge in [-0.25, -0.2) is 9.18 Å². The first kappa shape index (κ1) is 14.4. The van der Waals surface area contributed by atoms with Gasteiger partial charge in [0.2, 0.25) is 5.91 Å². The maximum absolute atomic E-state index is 13.4. The highest BCUT2D eigenvalue weighted by molar-refractivity contribution is 5.91. The fourth-order valence-electron chi connectivity index (χ4n) is 1.30. The maximum Gasteiger partial charge on any atom is 0.338 e. The molecule has 0 aromatic heterocycles. The first-order chi connectivity index (χ1) is 8.73. The number of hydrogen-bond donors (Lipinski definition) is 3. The van der Waals surface area contributed by atoms with Gasteiger partial charge >= 0.3 is 5.97 Å². The molecule has 8 nitrogen and oxygen atoms in total. The number of nitro groups is 1. The number of carboxylic acids is 1. The fourth-order valence-corrected chi connectivity index (χ4v) is 1.30. The second kappa shape index (κ2) is 5.29. The van der Waals surface area contributed by atoms with Gasteiger partial charge in [-0.1, -0.05) is 0 Å². The Morgan fingerprint density at radius 3 is 2.53 bits per heavy atom. The minimum Gasteiger partial charge on any atom is -0.478 e. The number of hydrogen-bond acceptors (Lipinski definition) is 5. The Morgan fingerprint density at radius 2 is 2.11 bits per heavy atom. The number of primary amides is 1. The quantitative estimate of drug-likeness (QED) is 0.533. The SMILES string of the molecule is CC(Nc1cc(F)c(C(=O)O)cc1[N+](=O)[O-])C(N)=O. The molecule has 4 N–H and O–H groups in total. The van der Waals surface area contributed by atoms with Gasteiger partial charge in [0.05, 0.1) is 4.92 Å². The maximum atomic E-state index is 13.4. The second-order valence-electron chi connectivity index (χ2n) is 3.68. The number of aromatic carboxylic acids is 1. The van der Waals surface area contributed by atoms with E-state index < -0.39 is 39.9 Å².